The molecule has 1 aromatic rings. The first-order valence-electron chi connectivity index (χ1n) is 4.99. The molecule has 0 fully saturated rings. The number of hydrogen-bond acceptors (Lipinski definition) is 2. The van der Waals surface area contributed by atoms with Crippen molar-refractivity contribution in [2.45, 2.75) is 25.9 Å². The topological polar surface area (TPSA) is 46.5 Å². The van der Waals surface area contributed by atoms with E-state index in [9.17, 15) is 4.79 Å². The van der Waals surface area contributed by atoms with E-state index >= 15 is 0 Å². The Hall–Kier alpha value is -1.35. The van der Waals surface area contributed by atoms with Crippen molar-refractivity contribution in [1.82, 2.24) is 0 Å². The van der Waals surface area contributed by atoms with Gasteiger partial charge < -0.3 is 9.84 Å². The SMILES string of the molecule is CO[C@H](C)CCc1ccccc1C(=O)O. The van der Waals surface area contributed by atoms with Crippen molar-refractivity contribution in [2.24, 2.45) is 0 Å². The predicted octanol–water partition coefficient (Wildman–Crippen LogP) is 2.35. The summed E-state index contributed by atoms with van der Waals surface area (Å²) in [5.41, 5.74) is 1.26. The molecule has 1 N–H and O–H groups in total. The Morgan fingerprint density at radius 1 is 1.47 bits per heavy atom. The van der Waals surface area contributed by atoms with E-state index in [1.54, 1.807) is 19.2 Å². The van der Waals surface area contributed by atoms with Gasteiger partial charge in [0.15, 0.2) is 0 Å². The molecule has 15 heavy (non-hydrogen) atoms. The minimum atomic E-state index is -0.865. The highest BCUT2D eigenvalue weighted by molar-refractivity contribution is 5.89. The number of carboxylic acid groups (broad SMARTS) is 1. The Labute approximate surface area is 89.7 Å². The zero-order chi connectivity index (χ0) is 11.3. The smallest absolute Gasteiger partial charge is 0.335 e. The van der Waals surface area contributed by atoms with E-state index in [2.05, 4.69) is 0 Å². The Balaban J connectivity index is 2.72. The third-order valence-electron chi connectivity index (χ3n) is 2.47. The van der Waals surface area contributed by atoms with Crippen LogP contribution in [0.2, 0.25) is 0 Å². The zero-order valence-corrected chi connectivity index (χ0v) is 9.06. The average Bonchev–Trinajstić information content (AvgIpc) is 2.26. The van der Waals surface area contributed by atoms with E-state index in [4.69, 9.17) is 9.84 Å². The third kappa shape index (κ3) is 3.36. The first kappa shape index (κ1) is 11.7. The molecule has 82 valence electrons. The molecule has 0 aliphatic carbocycles. The van der Waals surface area contributed by atoms with Gasteiger partial charge in [-0.25, -0.2) is 4.79 Å². The van der Waals surface area contributed by atoms with Gasteiger partial charge in [0.05, 0.1) is 11.7 Å². The van der Waals surface area contributed by atoms with Gasteiger partial charge in [0.2, 0.25) is 0 Å². The van der Waals surface area contributed by atoms with Gasteiger partial charge in [-0.2, -0.15) is 0 Å². The molecule has 0 unspecified atom stereocenters. The zero-order valence-electron chi connectivity index (χ0n) is 9.06. The molecule has 0 aliphatic rings. The molecule has 0 amide bonds. The van der Waals surface area contributed by atoms with Crippen LogP contribution in [0, 0.1) is 0 Å². The van der Waals surface area contributed by atoms with Crippen LogP contribution in [0.15, 0.2) is 24.3 Å². The Bertz CT molecular complexity index is 333. The molecule has 0 bridgehead atoms. The molecule has 0 radical (unpaired) electrons. The minimum Gasteiger partial charge on any atom is -0.478 e. The highest BCUT2D eigenvalue weighted by Gasteiger charge is 2.09. The second kappa shape index (κ2) is 5.51. The van der Waals surface area contributed by atoms with Crippen LogP contribution >= 0.6 is 0 Å². The van der Waals surface area contributed by atoms with Gasteiger partial charge in [-0.3, -0.25) is 0 Å². The molecule has 0 spiro atoms. The van der Waals surface area contributed by atoms with E-state index in [1.165, 1.54) is 0 Å². The van der Waals surface area contributed by atoms with Gasteiger partial charge in [0.25, 0.3) is 0 Å². The van der Waals surface area contributed by atoms with Gasteiger partial charge in [-0.1, -0.05) is 18.2 Å². The minimum absolute atomic E-state index is 0.159. The number of benzene rings is 1. The van der Waals surface area contributed by atoms with Crippen molar-refractivity contribution in [2.75, 3.05) is 7.11 Å². The molecular formula is C12H16O3. The van der Waals surface area contributed by atoms with E-state index < -0.39 is 5.97 Å². The van der Waals surface area contributed by atoms with Gasteiger partial charge in [0.1, 0.15) is 0 Å². The van der Waals surface area contributed by atoms with E-state index in [1.807, 2.05) is 19.1 Å². The summed E-state index contributed by atoms with van der Waals surface area (Å²) in [7, 11) is 1.66. The van der Waals surface area contributed by atoms with Crippen molar-refractivity contribution >= 4 is 5.97 Å². The Morgan fingerprint density at radius 3 is 2.73 bits per heavy atom. The lowest BCUT2D eigenvalue weighted by molar-refractivity contribution is 0.0694. The monoisotopic (exact) mass is 208 g/mol. The molecule has 1 aromatic carbocycles. The van der Waals surface area contributed by atoms with Crippen LogP contribution < -0.4 is 0 Å². The highest BCUT2D eigenvalue weighted by atomic mass is 16.5. The van der Waals surface area contributed by atoms with Crippen molar-refractivity contribution in [1.29, 1.82) is 0 Å². The van der Waals surface area contributed by atoms with Crippen molar-refractivity contribution in [3.8, 4) is 0 Å². The van der Waals surface area contributed by atoms with Gasteiger partial charge >= 0.3 is 5.97 Å². The fraction of sp³-hybridized carbons (Fsp3) is 0.417. The maximum atomic E-state index is 10.9. The molecular weight excluding hydrogens is 192 g/mol. The summed E-state index contributed by atoms with van der Waals surface area (Å²) >= 11 is 0. The summed E-state index contributed by atoms with van der Waals surface area (Å²) in [6.07, 6.45) is 1.73. The molecule has 0 aliphatic heterocycles. The molecule has 3 nitrogen and oxygen atoms in total. The van der Waals surface area contributed by atoms with Gasteiger partial charge in [0, 0.05) is 7.11 Å². The largest absolute Gasteiger partial charge is 0.478 e. The Morgan fingerprint density at radius 2 is 2.13 bits per heavy atom. The highest BCUT2D eigenvalue weighted by Crippen LogP contribution is 2.12. The number of aryl methyl sites for hydroxylation is 1. The number of carbonyl (C=O) groups is 1. The van der Waals surface area contributed by atoms with Crippen molar-refractivity contribution in [3.05, 3.63) is 35.4 Å². The number of ether oxygens (including phenoxy) is 1. The lowest BCUT2D eigenvalue weighted by Crippen LogP contribution is -2.08. The first-order valence-corrected chi connectivity index (χ1v) is 4.99. The van der Waals surface area contributed by atoms with Crippen LogP contribution in [-0.2, 0) is 11.2 Å². The molecule has 0 saturated heterocycles. The van der Waals surface area contributed by atoms with Crippen LogP contribution in [-0.4, -0.2) is 24.3 Å². The van der Waals surface area contributed by atoms with Crippen LogP contribution in [0.4, 0.5) is 0 Å². The standard InChI is InChI=1S/C12H16O3/c1-9(15-2)7-8-10-5-3-4-6-11(10)12(13)14/h3-6,9H,7-8H2,1-2H3,(H,13,14)/t9-/m1/s1. The molecule has 1 rings (SSSR count). The first-order chi connectivity index (χ1) is 7.15. The van der Waals surface area contributed by atoms with E-state index in [-0.39, 0.29) is 6.10 Å². The van der Waals surface area contributed by atoms with Crippen LogP contribution in [0.1, 0.15) is 29.3 Å². The summed E-state index contributed by atoms with van der Waals surface area (Å²) in [5.74, 6) is -0.865. The second-order valence-corrected chi connectivity index (χ2v) is 3.55. The van der Waals surface area contributed by atoms with Crippen LogP contribution in [0.3, 0.4) is 0 Å². The molecule has 3 heteroatoms. The summed E-state index contributed by atoms with van der Waals surface area (Å²) in [5, 5.41) is 8.96. The number of methoxy groups -OCH3 is 1. The number of hydrogen-bond donors (Lipinski definition) is 1. The van der Waals surface area contributed by atoms with Crippen LogP contribution in [0.5, 0.6) is 0 Å². The predicted molar refractivity (Wildman–Crippen MR) is 58.2 cm³/mol. The maximum absolute atomic E-state index is 10.9. The summed E-state index contributed by atoms with van der Waals surface area (Å²) < 4.78 is 5.12. The maximum Gasteiger partial charge on any atom is 0.335 e. The third-order valence-corrected chi connectivity index (χ3v) is 2.47. The fourth-order valence-electron chi connectivity index (χ4n) is 1.42. The lowest BCUT2D eigenvalue weighted by Gasteiger charge is -2.10. The molecule has 0 heterocycles. The quantitative estimate of drug-likeness (QED) is 0.808. The number of aromatic carboxylic acids is 1. The lowest BCUT2D eigenvalue weighted by atomic mass is 10.0. The summed E-state index contributed by atoms with van der Waals surface area (Å²) in [6, 6.07) is 7.09. The van der Waals surface area contributed by atoms with E-state index in [0.717, 1.165) is 18.4 Å². The summed E-state index contributed by atoms with van der Waals surface area (Å²) in [6.45, 7) is 1.98. The van der Waals surface area contributed by atoms with Gasteiger partial charge in [-0.15, -0.1) is 0 Å². The van der Waals surface area contributed by atoms with E-state index in [0.29, 0.717) is 5.56 Å². The second-order valence-electron chi connectivity index (χ2n) is 3.55. The number of carboxylic acids is 1. The van der Waals surface area contributed by atoms with Crippen molar-refractivity contribution in [3.63, 3.8) is 0 Å². The molecule has 0 aromatic heterocycles. The number of rotatable bonds is 5. The molecule has 0 saturated carbocycles. The van der Waals surface area contributed by atoms with Gasteiger partial charge in [-0.05, 0) is 31.4 Å². The normalized spacial score (nSPS) is 12.4. The average molecular weight is 208 g/mol. The van der Waals surface area contributed by atoms with Crippen LogP contribution in [0.25, 0.3) is 0 Å². The van der Waals surface area contributed by atoms with Crippen molar-refractivity contribution < 1.29 is 14.6 Å². The summed E-state index contributed by atoms with van der Waals surface area (Å²) in [4.78, 5) is 10.9. The Kier molecular flexibility index (Phi) is 4.31. The fourth-order valence-corrected chi connectivity index (χ4v) is 1.42. The molecule has 1 atom stereocenters.